The minimum Gasteiger partial charge on any atom is -0.489 e. The van der Waals surface area contributed by atoms with Crippen LogP contribution in [-0.4, -0.2) is 56.2 Å². The summed E-state index contributed by atoms with van der Waals surface area (Å²) in [4.78, 5) is 15.6. The number of nitrogens with zero attached hydrogens (tertiary/aromatic N) is 2. The molecule has 2 aliphatic rings. The first-order valence-electron chi connectivity index (χ1n) is 8.91. The van der Waals surface area contributed by atoms with E-state index in [1.807, 2.05) is 0 Å². The Balaban J connectivity index is 1.76. The van der Waals surface area contributed by atoms with E-state index in [9.17, 15) is 13.6 Å². The van der Waals surface area contributed by atoms with Crippen molar-refractivity contribution in [2.24, 2.45) is 11.7 Å². The number of nitrogens with two attached hydrogens (primary N) is 1. The quantitative estimate of drug-likeness (QED) is 0.797. The van der Waals surface area contributed by atoms with Crippen LogP contribution in [0, 0.1) is 5.92 Å². The van der Waals surface area contributed by atoms with Crippen molar-refractivity contribution in [3.8, 4) is 11.5 Å². The maximum absolute atomic E-state index is 12.6. The molecule has 2 N–H and O–H groups in total. The molecule has 2 fully saturated rings. The molecule has 1 aromatic rings. The summed E-state index contributed by atoms with van der Waals surface area (Å²) in [6, 6.07) is 4.91. The first-order chi connectivity index (χ1) is 12.5. The molecule has 0 radical (unpaired) electrons. The Bertz CT molecular complexity index is 640. The second-order valence-electron chi connectivity index (χ2n) is 6.81. The van der Waals surface area contributed by atoms with Crippen molar-refractivity contribution in [3.63, 3.8) is 0 Å². The highest BCUT2D eigenvalue weighted by molar-refractivity contribution is 5.74. The average Bonchev–Trinajstić information content (AvgIpc) is 3.44. The molecule has 1 saturated carbocycles. The van der Waals surface area contributed by atoms with Gasteiger partial charge in [-0.1, -0.05) is 0 Å². The molecule has 8 heteroatoms. The molecule has 144 valence electrons. The molecule has 1 aromatic carbocycles. The van der Waals surface area contributed by atoms with Crippen LogP contribution in [0.1, 0.15) is 19.8 Å². The van der Waals surface area contributed by atoms with E-state index in [1.165, 1.54) is 6.07 Å². The van der Waals surface area contributed by atoms with Gasteiger partial charge in [0.2, 0.25) is 5.91 Å². The molecule has 1 atom stereocenters. The third-order valence-corrected chi connectivity index (χ3v) is 4.84. The number of ether oxygens (including phenoxy) is 2. The number of halogens is 2. The van der Waals surface area contributed by atoms with Gasteiger partial charge in [0.05, 0.1) is 12.6 Å². The van der Waals surface area contributed by atoms with Crippen molar-refractivity contribution in [2.45, 2.75) is 32.4 Å². The van der Waals surface area contributed by atoms with Crippen LogP contribution < -0.4 is 20.1 Å². The SMILES string of the molecule is CC(=O)N1CCN(c2ccc(OC(F)F)c(OCC3CC3)c2)CC1CN. The Hall–Kier alpha value is -2.09. The molecule has 3 rings (SSSR count). The van der Waals surface area contributed by atoms with Crippen LogP contribution >= 0.6 is 0 Å². The van der Waals surface area contributed by atoms with Crippen LogP contribution in [0.2, 0.25) is 0 Å². The minimum absolute atomic E-state index is 0.00855. The molecule has 1 unspecified atom stereocenters. The van der Waals surface area contributed by atoms with Crippen LogP contribution in [0.3, 0.4) is 0 Å². The van der Waals surface area contributed by atoms with Gasteiger partial charge >= 0.3 is 6.61 Å². The number of anilines is 1. The van der Waals surface area contributed by atoms with E-state index in [2.05, 4.69) is 9.64 Å². The first-order valence-corrected chi connectivity index (χ1v) is 8.91. The largest absolute Gasteiger partial charge is 0.489 e. The predicted octanol–water partition coefficient (Wildman–Crippen LogP) is 2.07. The van der Waals surface area contributed by atoms with E-state index in [0.29, 0.717) is 44.5 Å². The topological polar surface area (TPSA) is 68.0 Å². The lowest BCUT2D eigenvalue weighted by molar-refractivity contribution is -0.131. The van der Waals surface area contributed by atoms with Crippen LogP contribution in [0.15, 0.2) is 18.2 Å². The molecule has 0 bridgehead atoms. The van der Waals surface area contributed by atoms with Crippen molar-refractivity contribution in [1.29, 1.82) is 0 Å². The number of hydrogen-bond donors (Lipinski definition) is 1. The third kappa shape index (κ3) is 4.55. The summed E-state index contributed by atoms with van der Waals surface area (Å²) in [6.07, 6.45) is 2.21. The first kappa shape index (κ1) is 18.7. The van der Waals surface area contributed by atoms with Gasteiger partial charge in [0.15, 0.2) is 11.5 Å². The summed E-state index contributed by atoms with van der Waals surface area (Å²) in [6.45, 7) is 1.33. The standard InChI is InChI=1S/C18H25F2N3O3/c1-12(24)23-7-6-22(10-15(23)9-21)14-4-5-16(26-18(19)20)17(8-14)25-11-13-2-3-13/h4-5,8,13,15,18H,2-3,6-7,9-11,21H2,1H3. The van der Waals surface area contributed by atoms with Gasteiger partial charge in [0.1, 0.15) is 0 Å². The Morgan fingerprint density at radius 2 is 2.08 bits per heavy atom. The third-order valence-electron chi connectivity index (χ3n) is 4.84. The lowest BCUT2D eigenvalue weighted by Crippen LogP contribution is -2.57. The number of piperazine rings is 1. The van der Waals surface area contributed by atoms with E-state index in [4.69, 9.17) is 10.5 Å². The molecule has 1 aliphatic carbocycles. The Morgan fingerprint density at radius 3 is 2.69 bits per heavy atom. The minimum atomic E-state index is -2.90. The van der Waals surface area contributed by atoms with Crippen LogP contribution in [0.4, 0.5) is 14.5 Å². The molecule has 1 aliphatic heterocycles. The molecular formula is C18H25F2N3O3. The zero-order valence-electron chi connectivity index (χ0n) is 14.9. The van der Waals surface area contributed by atoms with E-state index in [0.717, 1.165) is 18.5 Å². The fraction of sp³-hybridized carbons (Fsp3) is 0.611. The average molecular weight is 369 g/mol. The fourth-order valence-electron chi connectivity index (χ4n) is 3.20. The number of amides is 1. The highest BCUT2D eigenvalue weighted by Gasteiger charge is 2.29. The van der Waals surface area contributed by atoms with Crippen molar-refractivity contribution in [1.82, 2.24) is 4.90 Å². The van der Waals surface area contributed by atoms with Gasteiger partial charge in [-0.3, -0.25) is 4.79 Å². The summed E-state index contributed by atoms with van der Waals surface area (Å²) in [5, 5.41) is 0. The Kier molecular flexibility index (Phi) is 5.80. The van der Waals surface area contributed by atoms with Crippen LogP contribution in [-0.2, 0) is 4.79 Å². The fourth-order valence-corrected chi connectivity index (χ4v) is 3.20. The molecule has 6 nitrogen and oxygen atoms in total. The number of carbonyl (C=O) groups is 1. The summed E-state index contributed by atoms with van der Waals surface area (Å²) < 4.78 is 35.6. The maximum atomic E-state index is 12.6. The number of hydrogen-bond acceptors (Lipinski definition) is 5. The maximum Gasteiger partial charge on any atom is 0.387 e. The van der Waals surface area contributed by atoms with Gasteiger partial charge in [-0.05, 0) is 30.9 Å². The molecule has 0 aromatic heterocycles. The molecule has 1 heterocycles. The second-order valence-corrected chi connectivity index (χ2v) is 6.81. The molecular weight excluding hydrogens is 344 g/mol. The van der Waals surface area contributed by atoms with Gasteiger partial charge in [0, 0.05) is 44.9 Å². The van der Waals surface area contributed by atoms with Crippen LogP contribution in [0.5, 0.6) is 11.5 Å². The highest BCUT2D eigenvalue weighted by Crippen LogP contribution is 2.36. The van der Waals surface area contributed by atoms with Crippen molar-refractivity contribution in [3.05, 3.63) is 18.2 Å². The van der Waals surface area contributed by atoms with Crippen molar-refractivity contribution in [2.75, 3.05) is 37.7 Å². The number of rotatable bonds is 7. The molecule has 0 spiro atoms. The summed E-state index contributed by atoms with van der Waals surface area (Å²) >= 11 is 0. The van der Waals surface area contributed by atoms with Gasteiger partial charge in [-0.15, -0.1) is 0 Å². The van der Waals surface area contributed by atoms with E-state index in [1.54, 1.807) is 24.0 Å². The van der Waals surface area contributed by atoms with Crippen LogP contribution in [0.25, 0.3) is 0 Å². The van der Waals surface area contributed by atoms with E-state index >= 15 is 0 Å². The lowest BCUT2D eigenvalue weighted by atomic mass is 10.1. The number of carbonyl (C=O) groups excluding carboxylic acids is 1. The van der Waals surface area contributed by atoms with Crippen molar-refractivity contribution >= 4 is 11.6 Å². The normalized spacial score (nSPS) is 20.4. The summed E-state index contributed by atoms with van der Waals surface area (Å²) in [7, 11) is 0. The lowest BCUT2D eigenvalue weighted by Gasteiger charge is -2.41. The molecule has 26 heavy (non-hydrogen) atoms. The van der Waals surface area contributed by atoms with E-state index in [-0.39, 0.29) is 17.7 Å². The Labute approximate surface area is 151 Å². The molecule has 1 saturated heterocycles. The van der Waals surface area contributed by atoms with Gasteiger partial charge < -0.3 is 25.0 Å². The Morgan fingerprint density at radius 1 is 1.31 bits per heavy atom. The predicted molar refractivity (Wildman–Crippen MR) is 93.7 cm³/mol. The van der Waals surface area contributed by atoms with E-state index < -0.39 is 6.61 Å². The number of benzene rings is 1. The smallest absolute Gasteiger partial charge is 0.387 e. The second kappa shape index (κ2) is 8.07. The molecule has 1 amide bonds. The van der Waals surface area contributed by atoms with Gasteiger partial charge in [-0.25, -0.2) is 0 Å². The van der Waals surface area contributed by atoms with Crippen molar-refractivity contribution < 1.29 is 23.0 Å². The zero-order chi connectivity index (χ0) is 18.7. The number of alkyl halides is 2. The zero-order valence-corrected chi connectivity index (χ0v) is 14.9. The van der Waals surface area contributed by atoms with Gasteiger partial charge in [-0.2, -0.15) is 8.78 Å². The summed E-state index contributed by atoms with van der Waals surface area (Å²) in [5.74, 6) is 0.878. The highest BCUT2D eigenvalue weighted by atomic mass is 19.3. The summed E-state index contributed by atoms with van der Waals surface area (Å²) in [5.41, 5.74) is 6.67. The monoisotopic (exact) mass is 369 g/mol. The van der Waals surface area contributed by atoms with Gasteiger partial charge in [0.25, 0.3) is 0 Å².